The van der Waals surface area contributed by atoms with Crippen LogP contribution in [-0.2, 0) is 11.8 Å². The number of hydrogen-bond donors (Lipinski definition) is 0. The number of carbonyl (C=O) groups excluding carboxylic acids is 1. The van der Waals surface area contributed by atoms with E-state index in [9.17, 15) is 4.79 Å². The number of carbonyl (C=O) groups is 1. The minimum atomic E-state index is 0.276. The van der Waals surface area contributed by atoms with Crippen molar-refractivity contribution in [2.75, 3.05) is 0 Å². The average Bonchev–Trinajstić information content (AvgIpc) is 3.21. The van der Waals surface area contributed by atoms with Gasteiger partial charge in [0, 0.05) is 22.3 Å². The predicted octanol–water partition coefficient (Wildman–Crippen LogP) is 4.98. The van der Waals surface area contributed by atoms with Gasteiger partial charge in [0.05, 0.1) is 0 Å². The summed E-state index contributed by atoms with van der Waals surface area (Å²) in [6.07, 6.45) is 11.7. The highest BCUT2D eigenvalue weighted by Crippen LogP contribution is 2.73. The summed E-state index contributed by atoms with van der Waals surface area (Å²) in [6, 6.07) is 7.08. The lowest BCUT2D eigenvalue weighted by atomic mass is 9.50. The molecule has 24 heavy (non-hydrogen) atoms. The van der Waals surface area contributed by atoms with Gasteiger partial charge in [-0.1, -0.05) is 23.3 Å². The van der Waals surface area contributed by atoms with Gasteiger partial charge < -0.3 is 0 Å². The molecule has 0 aromatic heterocycles. The van der Waals surface area contributed by atoms with E-state index in [1.54, 1.807) is 0 Å². The van der Waals surface area contributed by atoms with Gasteiger partial charge >= 0.3 is 0 Å². The summed E-state index contributed by atoms with van der Waals surface area (Å²) < 4.78 is 0. The van der Waals surface area contributed by atoms with Gasteiger partial charge in [-0.3, -0.25) is 4.79 Å². The van der Waals surface area contributed by atoms with E-state index in [1.807, 2.05) is 11.1 Å². The standard InChI is InChI=1S/C23H24O/c24-21-17-11-16-3-1-13(17)2-4-18(21)23-10-7-15(12-23)20-19(23)14-5-8-22(16,20)9-6-14/h1,3,11,14-15,18H,2,4-10,12H2. The lowest BCUT2D eigenvalue weighted by Crippen LogP contribution is -2.45. The van der Waals surface area contributed by atoms with Crippen molar-refractivity contribution < 1.29 is 4.79 Å². The molecule has 3 unspecified atom stereocenters. The van der Waals surface area contributed by atoms with Gasteiger partial charge in [-0.05, 0) is 86.8 Å². The van der Waals surface area contributed by atoms with Gasteiger partial charge in [-0.15, -0.1) is 0 Å². The molecule has 3 atom stereocenters. The lowest BCUT2D eigenvalue weighted by Gasteiger charge is -2.54. The topological polar surface area (TPSA) is 17.1 Å². The van der Waals surface area contributed by atoms with E-state index in [-0.39, 0.29) is 5.41 Å². The molecule has 122 valence electrons. The van der Waals surface area contributed by atoms with Crippen molar-refractivity contribution in [2.24, 2.45) is 23.2 Å². The quantitative estimate of drug-likeness (QED) is 0.617. The number of aryl methyl sites for hydroxylation is 1. The molecule has 0 saturated heterocycles. The van der Waals surface area contributed by atoms with E-state index < -0.39 is 0 Å². The Balaban J connectivity index is 1.66. The number of allylic oxidation sites excluding steroid dienone is 2. The number of ketones is 1. The fourth-order valence-electron chi connectivity index (χ4n) is 8.41. The molecule has 1 heteroatoms. The molecule has 1 aromatic carbocycles. The third kappa shape index (κ3) is 1.14. The van der Waals surface area contributed by atoms with E-state index in [2.05, 4.69) is 18.2 Å². The van der Waals surface area contributed by atoms with Crippen LogP contribution in [0.2, 0.25) is 0 Å². The average molecular weight is 316 g/mol. The van der Waals surface area contributed by atoms with Crippen molar-refractivity contribution in [1.82, 2.24) is 0 Å². The van der Waals surface area contributed by atoms with Crippen molar-refractivity contribution in [3.8, 4) is 0 Å². The van der Waals surface area contributed by atoms with Gasteiger partial charge in [-0.25, -0.2) is 0 Å². The van der Waals surface area contributed by atoms with Crippen LogP contribution in [0.3, 0.4) is 0 Å². The second-order valence-corrected chi connectivity index (χ2v) is 9.61. The number of benzene rings is 1. The fraction of sp³-hybridized carbons (Fsp3) is 0.609. The van der Waals surface area contributed by atoms with Crippen molar-refractivity contribution in [2.45, 2.75) is 63.2 Å². The molecule has 0 heterocycles. The fourth-order valence-corrected chi connectivity index (χ4v) is 8.41. The van der Waals surface area contributed by atoms with Crippen LogP contribution in [0, 0.1) is 23.2 Å². The van der Waals surface area contributed by atoms with Crippen molar-refractivity contribution >= 4 is 5.78 Å². The Bertz CT molecular complexity index is 851. The van der Waals surface area contributed by atoms with Gasteiger partial charge in [-0.2, -0.15) is 0 Å². The van der Waals surface area contributed by atoms with E-state index in [4.69, 9.17) is 0 Å². The molecular formula is C23H24O. The van der Waals surface area contributed by atoms with Crippen LogP contribution >= 0.6 is 0 Å². The summed E-state index contributed by atoms with van der Waals surface area (Å²) in [7, 11) is 0. The van der Waals surface area contributed by atoms with Crippen LogP contribution in [0.1, 0.15) is 72.9 Å². The van der Waals surface area contributed by atoms with Crippen LogP contribution in [0.4, 0.5) is 0 Å². The third-order valence-electron chi connectivity index (χ3n) is 9.16. The summed E-state index contributed by atoms with van der Waals surface area (Å²) >= 11 is 0. The number of hydrogen-bond acceptors (Lipinski definition) is 1. The van der Waals surface area contributed by atoms with Gasteiger partial charge in [0.25, 0.3) is 0 Å². The van der Waals surface area contributed by atoms with Crippen LogP contribution in [0.15, 0.2) is 29.3 Å². The Labute approximate surface area is 143 Å². The van der Waals surface area contributed by atoms with Crippen LogP contribution in [-0.4, -0.2) is 5.78 Å². The molecule has 8 rings (SSSR count). The smallest absolute Gasteiger partial charge is 0.167 e. The van der Waals surface area contributed by atoms with Crippen LogP contribution in [0.5, 0.6) is 0 Å². The number of rotatable bonds is 0. The zero-order chi connectivity index (χ0) is 15.7. The zero-order valence-electron chi connectivity index (χ0n) is 14.2. The van der Waals surface area contributed by atoms with Crippen LogP contribution in [0.25, 0.3) is 0 Å². The predicted molar refractivity (Wildman–Crippen MR) is 93.0 cm³/mol. The molecule has 2 fully saturated rings. The SMILES string of the molecule is O=C1c2cc3ccc2CCC1C12CCC(C1)C1=C2C2CCC13CC2. The molecule has 0 N–H and O–H groups in total. The molecule has 9 bridgehead atoms. The first-order chi connectivity index (χ1) is 11.7. The highest BCUT2D eigenvalue weighted by molar-refractivity contribution is 6.01. The van der Waals surface area contributed by atoms with Crippen molar-refractivity contribution in [3.05, 3.63) is 46.0 Å². The van der Waals surface area contributed by atoms with Crippen LogP contribution < -0.4 is 0 Å². The molecule has 7 aliphatic carbocycles. The molecule has 1 aromatic rings. The Hall–Kier alpha value is -1.37. The minimum absolute atomic E-state index is 0.276. The first-order valence-corrected chi connectivity index (χ1v) is 10.2. The Kier molecular flexibility index (Phi) is 2.01. The molecule has 0 aliphatic heterocycles. The van der Waals surface area contributed by atoms with Crippen molar-refractivity contribution in [1.29, 1.82) is 0 Å². The lowest BCUT2D eigenvalue weighted by molar-refractivity contribution is 0.0744. The zero-order valence-corrected chi connectivity index (χ0v) is 14.2. The molecule has 0 radical (unpaired) electrons. The van der Waals surface area contributed by atoms with E-state index in [0.717, 1.165) is 30.2 Å². The Morgan fingerprint density at radius 1 is 0.917 bits per heavy atom. The second kappa shape index (κ2) is 3.74. The molecular weight excluding hydrogens is 292 g/mol. The third-order valence-corrected chi connectivity index (χ3v) is 9.16. The maximum Gasteiger partial charge on any atom is 0.167 e. The molecule has 1 nitrogen and oxygen atoms in total. The molecule has 7 aliphatic rings. The Morgan fingerprint density at radius 2 is 1.75 bits per heavy atom. The second-order valence-electron chi connectivity index (χ2n) is 9.61. The number of Topliss-reactive ketones (excluding diaryl/α,β-unsaturated/α-hetero) is 1. The first-order valence-electron chi connectivity index (χ1n) is 10.2. The summed E-state index contributed by atoms with van der Waals surface area (Å²) in [6.45, 7) is 0. The normalized spacial score (nSPS) is 46.3. The molecule has 2 saturated carbocycles. The van der Waals surface area contributed by atoms with E-state index in [1.165, 1.54) is 56.1 Å². The summed E-state index contributed by atoms with van der Waals surface area (Å²) in [5.74, 6) is 2.43. The highest BCUT2D eigenvalue weighted by atomic mass is 16.1. The Morgan fingerprint density at radius 3 is 2.62 bits per heavy atom. The largest absolute Gasteiger partial charge is 0.294 e. The van der Waals surface area contributed by atoms with E-state index >= 15 is 0 Å². The minimum Gasteiger partial charge on any atom is -0.294 e. The molecule has 2 spiro atoms. The maximum absolute atomic E-state index is 13.6. The van der Waals surface area contributed by atoms with E-state index in [0.29, 0.717) is 17.1 Å². The van der Waals surface area contributed by atoms with Gasteiger partial charge in [0.2, 0.25) is 0 Å². The summed E-state index contributed by atoms with van der Waals surface area (Å²) in [5.41, 5.74) is 8.25. The van der Waals surface area contributed by atoms with Gasteiger partial charge in [0.15, 0.2) is 5.78 Å². The summed E-state index contributed by atoms with van der Waals surface area (Å²) in [5, 5.41) is 0. The maximum atomic E-state index is 13.6. The summed E-state index contributed by atoms with van der Waals surface area (Å²) in [4.78, 5) is 13.6. The monoisotopic (exact) mass is 316 g/mol. The number of fused-ring (bicyclic) bond motifs is 5. The van der Waals surface area contributed by atoms with Gasteiger partial charge in [0.1, 0.15) is 0 Å². The molecule has 0 amide bonds. The first kappa shape index (κ1) is 12.9. The highest BCUT2D eigenvalue weighted by Gasteiger charge is 2.65. The van der Waals surface area contributed by atoms with Crippen molar-refractivity contribution in [3.63, 3.8) is 0 Å².